The van der Waals surface area contributed by atoms with Gasteiger partial charge in [0.25, 0.3) is 0 Å². The molecule has 0 fully saturated rings. The molecule has 2 rings (SSSR count). The molecule has 7 heteroatoms. The highest BCUT2D eigenvalue weighted by Gasteiger charge is 2.08. The molecular weight excluding hydrogens is 224 g/mol. The molecule has 2 heterocycles. The van der Waals surface area contributed by atoms with Crippen LogP contribution in [-0.4, -0.2) is 20.9 Å². The van der Waals surface area contributed by atoms with Crippen molar-refractivity contribution in [1.29, 1.82) is 0 Å². The highest BCUT2D eigenvalue weighted by Crippen LogP contribution is 2.20. The molecule has 0 atom stereocenters. The van der Waals surface area contributed by atoms with Crippen LogP contribution in [0.5, 0.6) is 0 Å². The van der Waals surface area contributed by atoms with Gasteiger partial charge in [-0.05, 0) is 11.6 Å². The van der Waals surface area contributed by atoms with E-state index in [1.165, 1.54) is 17.5 Å². The van der Waals surface area contributed by atoms with E-state index in [-0.39, 0.29) is 11.7 Å². The molecule has 0 aliphatic heterocycles. The Labute approximate surface area is 87.9 Å². The Balaban J connectivity index is 2.46. The number of aromatic nitrogens is 3. The van der Waals surface area contributed by atoms with E-state index in [4.69, 9.17) is 17.3 Å². The maximum absolute atomic E-state index is 10.6. The van der Waals surface area contributed by atoms with Gasteiger partial charge in [0.05, 0.1) is 12.6 Å². The number of carbonyl (C=O) groups is 1. The fourth-order valence-corrected chi connectivity index (χ4v) is 2.08. The average molecular weight is 229 g/mol. The summed E-state index contributed by atoms with van der Waals surface area (Å²) in [6.07, 6.45) is 1.64. The molecule has 0 saturated heterocycles. The molecule has 0 saturated carbocycles. The summed E-state index contributed by atoms with van der Waals surface area (Å²) < 4.78 is 0. The second-order valence-corrected chi connectivity index (χ2v) is 3.98. The second kappa shape index (κ2) is 3.47. The lowest BCUT2D eigenvalue weighted by atomic mass is 10.4. The number of fused-ring (bicyclic) bond motifs is 1. The minimum Gasteiger partial charge on any atom is -0.369 e. The van der Waals surface area contributed by atoms with Crippen LogP contribution >= 0.6 is 22.9 Å². The van der Waals surface area contributed by atoms with Gasteiger partial charge in [-0.2, -0.15) is 0 Å². The zero-order valence-corrected chi connectivity index (χ0v) is 8.47. The zero-order valence-electron chi connectivity index (χ0n) is 6.90. The van der Waals surface area contributed by atoms with Crippen molar-refractivity contribution in [1.82, 2.24) is 15.0 Å². The van der Waals surface area contributed by atoms with Crippen LogP contribution in [-0.2, 0) is 11.2 Å². The molecule has 72 valence electrons. The number of nitrogens with zero attached hydrogens (tertiary/aromatic N) is 3. The lowest BCUT2D eigenvalue weighted by molar-refractivity contribution is -0.117. The molecule has 0 bridgehead atoms. The van der Waals surface area contributed by atoms with Crippen LogP contribution in [0.4, 0.5) is 0 Å². The van der Waals surface area contributed by atoms with Crippen molar-refractivity contribution >= 4 is 39.2 Å². The molecule has 1 amide bonds. The number of halogens is 1. The summed E-state index contributed by atoms with van der Waals surface area (Å²) in [4.78, 5) is 23.2. The van der Waals surface area contributed by atoms with Crippen LogP contribution in [0.25, 0.3) is 10.3 Å². The van der Waals surface area contributed by atoms with E-state index in [1.807, 2.05) is 0 Å². The van der Waals surface area contributed by atoms with Crippen LogP contribution in [0.3, 0.4) is 0 Å². The van der Waals surface area contributed by atoms with Gasteiger partial charge in [0.1, 0.15) is 15.4 Å². The Bertz CT molecular complexity index is 497. The van der Waals surface area contributed by atoms with Crippen LogP contribution in [0.15, 0.2) is 6.20 Å². The number of thiazole rings is 1. The topological polar surface area (TPSA) is 81.8 Å². The Hall–Kier alpha value is -1.27. The minimum absolute atomic E-state index is 0.124. The second-order valence-electron chi connectivity index (χ2n) is 2.58. The molecule has 5 nitrogen and oxygen atoms in total. The SMILES string of the molecule is NC(=O)Cc1nc2cnc(Cl)nc2s1. The lowest BCUT2D eigenvalue weighted by Gasteiger charge is -1.85. The van der Waals surface area contributed by atoms with Gasteiger partial charge in [0.15, 0.2) is 0 Å². The maximum atomic E-state index is 10.6. The predicted molar refractivity (Wildman–Crippen MR) is 53.1 cm³/mol. The van der Waals surface area contributed by atoms with E-state index in [9.17, 15) is 4.79 Å². The number of nitrogens with two attached hydrogens (primary N) is 1. The molecule has 0 aliphatic carbocycles. The molecule has 0 aromatic carbocycles. The van der Waals surface area contributed by atoms with Crippen LogP contribution in [0, 0.1) is 0 Å². The first-order chi connectivity index (χ1) is 6.65. The van der Waals surface area contributed by atoms with Gasteiger partial charge in [0, 0.05) is 0 Å². The summed E-state index contributed by atoms with van der Waals surface area (Å²) in [6, 6.07) is 0. The Morgan fingerprint density at radius 3 is 3.07 bits per heavy atom. The molecule has 2 aromatic rings. The van der Waals surface area contributed by atoms with E-state index in [1.54, 1.807) is 0 Å². The summed E-state index contributed by atoms with van der Waals surface area (Å²) in [5.41, 5.74) is 5.68. The van der Waals surface area contributed by atoms with Gasteiger partial charge < -0.3 is 5.73 Å². The first-order valence-electron chi connectivity index (χ1n) is 3.71. The number of rotatable bonds is 2. The summed E-state index contributed by atoms with van der Waals surface area (Å²) in [5.74, 6) is -0.414. The van der Waals surface area contributed by atoms with Crippen molar-refractivity contribution in [2.45, 2.75) is 6.42 Å². The number of carbonyl (C=O) groups excluding carboxylic acids is 1. The number of amides is 1. The van der Waals surface area contributed by atoms with Crippen molar-refractivity contribution in [2.24, 2.45) is 5.73 Å². The summed E-state index contributed by atoms with van der Waals surface area (Å²) >= 11 is 6.89. The van der Waals surface area contributed by atoms with Gasteiger partial charge in [0.2, 0.25) is 11.2 Å². The van der Waals surface area contributed by atoms with E-state index >= 15 is 0 Å². The third-order valence-corrected chi connectivity index (χ3v) is 2.64. The van der Waals surface area contributed by atoms with Crippen molar-refractivity contribution in [3.63, 3.8) is 0 Å². The monoisotopic (exact) mass is 228 g/mol. The van der Waals surface area contributed by atoms with Crippen molar-refractivity contribution in [2.75, 3.05) is 0 Å². The predicted octanol–water partition coefficient (Wildman–Crippen LogP) is 0.767. The fraction of sp³-hybridized carbons (Fsp3) is 0.143. The normalized spacial score (nSPS) is 10.6. The third kappa shape index (κ3) is 1.80. The summed E-state index contributed by atoms with van der Waals surface area (Å²) in [7, 11) is 0. The van der Waals surface area contributed by atoms with E-state index < -0.39 is 5.91 Å². The van der Waals surface area contributed by atoms with Crippen molar-refractivity contribution < 1.29 is 4.79 Å². The average Bonchev–Trinajstić information content (AvgIpc) is 2.44. The molecule has 0 spiro atoms. The zero-order chi connectivity index (χ0) is 10.1. The van der Waals surface area contributed by atoms with Gasteiger partial charge in [-0.15, -0.1) is 0 Å². The molecule has 0 aliphatic rings. The van der Waals surface area contributed by atoms with Gasteiger partial charge in [-0.3, -0.25) is 4.79 Å². The maximum Gasteiger partial charge on any atom is 0.224 e. The molecular formula is C7H5ClN4OS. The van der Waals surface area contributed by atoms with Gasteiger partial charge in [-0.25, -0.2) is 15.0 Å². The van der Waals surface area contributed by atoms with Crippen LogP contribution in [0.2, 0.25) is 5.28 Å². The smallest absolute Gasteiger partial charge is 0.224 e. The Morgan fingerprint density at radius 1 is 1.57 bits per heavy atom. The van der Waals surface area contributed by atoms with Gasteiger partial charge in [-0.1, -0.05) is 11.3 Å². The Kier molecular flexibility index (Phi) is 2.30. The van der Waals surface area contributed by atoms with Gasteiger partial charge >= 0.3 is 0 Å². The molecule has 14 heavy (non-hydrogen) atoms. The quantitative estimate of drug-likeness (QED) is 0.770. The van der Waals surface area contributed by atoms with E-state index in [2.05, 4.69) is 15.0 Å². The lowest BCUT2D eigenvalue weighted by Crippen LogP contribution is -2.13. The number of hydrogen-bond donors (Lipinski definition) is 1. The third-order valence-electron chi connectivity index (χ3n) is 1.49. The Morgan fingerprint density at radius 2 is 2.36 bits per heavy atom. The standard InChI is InChI=1S/C7H5ClN4OS/c8-7-10-2-3-6(12-7)14-5(11-3)1-4(9)13/h2H,1H2,(H2,9,13). The number of hydrogen-bond acceptors (Lipinski definition) is 5. The summed E-state index contributed by atoms with van der Waals surface area (Å²) in [6.45, 7) is 0. The van der Waals surface area contributed by atoms with Crippen LogP contribution in [0.1, 0.15) is 5.01 Å². The van der Waals surface area contributed by atoms with Crippen molar-refractivity contribution in [3.8, 4) is 0 Å². The first kappa shape index (κ1) is 9.29. The van der Waals surface area contributed by atoms with E-state index in [0.29, 0.717) is 15.4 Å². The molecule has 2 N–H and O–H groups in total. The van der Waals surface area contributed by atoms with Crippen LogP contribution < -0.4 is 5.73 Å². The minimum atomic E-state index is -0.414. The van der Waals surface area contributed by atoms with Crippen molar-refractivity contribution in [3.05, 3.63) is 16.5 Å². The first-order valence-corrected chi connectivity index (χ1v) is 4.91. The van der Waals surface area contributed by atoms with E-state index in [0.717, 1.165) is 0 Å². The molecule has 0 radical (unpaired) electrons. The number of primary amides is 1. The summed E-state index contributed by atoms with van der Waals surface area (Å²) in [5, 5.41) is 0.802. The highest BCUT2D eigenvalue weighted by atomic mass is 35.5. The molecule has 2 aromatic heterocycles. The largest absolute Gasteiger partial charge is 0.369 e. The fourth-order valence-electron chi connectivity index (χ4n) is 0.985. The molecule has 0 unspecified atom stereocenters. The highest BCUT2D eigenvalue weighted by molar-refractivity contribution is 7.18.